The lowest BCUT2D eigenvalue weighted by Gasteiger charge is -2.22. The fourth-order valence-electron chi connectivity index (χ4n) is 1.49. The van der Waals surface area contributed by atoms with Crippen molar-refractivity contribution >= 4 is 11.8 Å². The SMILES string of the molecule is CCCCN(CC(N)=O)CC(=O)N[C@@H](C)C(C)C. The van der Waals surface area contributed by atoms with E-state index >= 15 is 0 Å². The highest BCUT2D eigenvalue weighted by Crippen LogP contribution is 2.00. The van der Waals surface area contributed by atoms with Gasteiger partial charge < -0.3 is 11.1 Å². The molecule has 0 aromatic carbocycles. The second-order valence-corrected chi connectivity index (χ2v) is 5.13. The number of hydrogen-bond acceptors (Lipinski definition) is 3. The number of nitrogens with two attached hydrogens (primary N) is 1. The molecule has 0 fully saturated rings. The van der Waals surface area contributed by atoms with Crippen molar-refractivity contribution in [2.24, 2.45) is 11.7 Å². The molecule has 0 spiro atoms. The molecule has 2 amide bonds. The van der Waals surface area contributed by atoms with Crippen LogP contribution in [0.2, 0.25) is 0 Å². The van der Waals surface area contributed by atoms with E-state index in [1.54, 1.807) is 4.90 Å². The zero-order chi connectivity index (χ0) is 14.1. The first-order valence-corrected chi connectivity index (χ1v) is 6.66. The minimum Gasteiger partial charge on any atom is -0.369 e. The molecule has 0 heterocycles. The highest BCUT2D eigenvalue weighted by Gasteiger charge is 2.15. The summed E-state index contributed by atoms with van der Waals surface area (Å²) in [6.07, 6.45) is 1.99. The summed E-state index contributed by atoms with van der Waals surface area (Å²) >= 11 is 0. The Labute approximate surface area is 110 Å². The highest BCUT2D eigenvalue weighted by molar-refractivity contribution is 5.80. The Bertz CT molecular complexity index is 267. The van der Waals surface area contributed by atoms with Crippen molar-refractivity contribution in [2.45, 2.75) is 46.6 Å². The summed E-state index contributed by atoms with van der Waals surface area (Å²) in [5.41, 5.74) is 5.18. The average Bonchev–Trinajstić information content (AvgIpc) is 2.24. The second kappa shape index (κ2) is 8.91. The van der Waals surface area contributed by atoms with E-state index in [0.717, 1.165) is 19.4 Å². The fourth-order valence-corrected chi connectivity index (χ4v) is 1.49. The van der Waals surface area contributed by atoms with E-state index in [0.29, 0.717) is 5.92 Å². The van der Waals surface area contributed by atoms with Gasteiger partial charge in [-0.2, -0.15) is 0 Å². The van der Waals surface area contributed by atoms with E-state index in [1.165, 1.54) is 0 Å². The molecule has 1 atom stereocenters. The number of hydrogen-bond donors (Lipinski definition) is 2. The largest absolute Gasteiger partial charge is 0.369 e. The van der Waals surface area contributed by atoms with Crippen LogP contribution in [0.5, 0.6) is 0 Å². The van der Waals surface area contributed by atoms with Gasteiger partial charge >= 0.3 is 0 Å². The van der Waals surface area contributed by atoms with Gasteiger partial charge in [0, 0.05) is 6.04 Å². The molecule has 0 radical (unpaired) electrons. The third-order valence-corrected chi connectivity index (χ3v) is 2.96. The monoisotopic (exact) mass is 257 g/mol. The molecular weight excluding hydrogens is 230 g/mol. The van der Waals surface area contributed by atoms with E-state index < -0.39 is 5.91 Å². The van der Waals surface area contributed by atoms with Crippen LogP contribution in [0, 0.1) is 5.92 Å². The lowest BCUT2D eigenvalue weighted by molar-refractivity contribution is -0.124. The van der Waals surface area contributed by atoms with Crippen LogP contribution in [-0.2, 0) is 9.59 Å². The lowest BCUT2D eigenvalue weighted by Crippen LogP contribution is -2.45. The third-order valence-electron chi connectivity index (χ3n) is 2.96. The van der Waals surface area contributed by atoms with Crippen LogP contribution < -0.4 is 11.1 Å². The highest BCUT2D eigenvalue weighted by atomic mass is 16.2. The van der Waals surface area contributed by atoms with Crippen LogP contribution in [0.4, 0.5) is 0 Å². The number of primary amides is 1. The van der Waals surface area contributed by atoms with Crippen LogP contribution in [0.25, 0.3) is 0 Å². The van der Waals surface area contributed by atoms with Gasteiger partial charge in [0.05, 0.1) is 13.1 Å². The first kappa shape index (κ1) is 16.9. The fraction of sp³-hybridized carbons (Fsp3) is 0.846. The smallest absolute Gasteiger partial charge is 0.234 e. The maximum Gasteiger partial charge on any atom is 0.234 e. The standard InChI is InChI=1S/C13H27N3O2/c1-5-6-7-16(8-12(14)17)9-13(18)15-11(4)10(2)3/h10-11H,5-9H2,1-4H3,(H2,14,17)(H,15,18)/t11-/m0/s1. The Morgan fingerprint density at radius 2 is 1.83 bits per heavy atom. The predicted molar refractivity (Wildman–Crippen MR) is 73.0 cm³/mol. The minimum absolute atomic E-state index is 0.0476. The average molecular weight is 257 g/mol. The molecule has 0 saturated heterocycles. The maximum absolute atomic E-state index is 11.8. The molecule has 5 heteroatoms. The molecule has 0 aliphatic heterocycles. The van der Waals surface area contributed by atoms with Crippen molar-refractivity contribution in [1.82, 2.24) is 10.2 Å². The molecule has 0 unspecified atom stereocenters. The lowest BCUT2D eigenvalue weighted by atomic mass is 10.1. The summed E-state index contributed by atoms with van der Waals surface area (Å²) < 4.78 is 0. The van der Waals surface area contributed by atoms with E-state index in [9.17, 15) is 9.59 Å². The van der Waals surface area contributed by atoms with Gasteiger partial charge in [-0.15, -0.1) is 0 Å². The number of amides is 2. The summed E-state index contributed by atoms with van der Waals surface area (Å²) in [7, 11) is 0. The minimum atomic E-state index is -0.393. The molecular formula is C13H27N3O2. The number of nitrogens with zero attached hydrogens (tertiary/aromatic N) is 1. The molecule has 0 bridgehead atoms. The molecule has 0 aliphatic rings. The zero-order valence-electron chi connectivity index (χ0n) is 12.0. The molecule has 5 nitrogen and oxygen atoms in total. The van der Waals surface area contributed by atoms with Crippen LogP contribution in [0.3, 0.4) is 0 Å². The molecule has 0 saturated carbocycles. The normalized spacial score (nSPS) is 12.8. The first-order chi connectivity index (χ1) is 8.36. The van der Waals surface area contributed by atoms with Crippen molar-refractivity contribution in [2.75, 3.05) is 19.6 Å². The van der Waals surface area contributed by atoms with Gasteiger partial charge in [0.2, 0.25) is 11.8 Å². The summed E-state index contributed by atoms with van der Waals surface area (Å²) in [5.74, 6) is -0.0430. The number of nitrogens with one attached hydrogen (secondary N) is 1. The van der Waals surface area contributed by atoms with Gasteiger partial charge in [-0.3, -0.25) is 14.5 Å². The zero-order valence-corrected chi connectivity index (χ0v) is 12.0. The number of unbranched alkanes of at least 4 members (excludes halogenated alkanes) is 1. The quantitative estimate of drug-likeness (QED) is 0.639. The number of carbonyl (C=O) groups excluding carboxylic acids is 2. The Kier molecular flexibility index (Phi) is 8.37. The number of carbonyl (C=O) groups is 2. The molecule has 0 rings (SSSR count). The Morgan fingerprint density at radius 3 is 2.28 bits per heavy atom. The molecule has 3 N–H and O–H groups in total. The van der Waals surface area contributed by atoms with E-state index in [4.69, 9.17) is 5.73 Å². The summed E-state index contributed by atoms with van der Waals surface area (Å²) in [4.78, 5) is 24.5. The van der Waals surface area contributed by atoms with Crippen molar-refractivity contribution in [3.05, 3.63) is 0 Å². The van der Waals surface area contributed by atoms with E-state index in [1.807, 2.05) is 6.92 Å². The van der Waals surface area contributed by atoms with Gasteiger partial charge in [0.15, 0.2) is 0 Å². The van der Waals surface area contributed by atoms with Crippen LogP contribution in [0.15, 0.2) is 0 Å². The predicted octanol–water partition coefficient (Wildman–Crippen LogP) is 0.735. The Morgan fingerprint density at radius 1 is 1.22 bits per heavy atom. The summed E-state index contributed by atoms with van der Waals surface area (Å²) in [5, 5.41) is 2.93. The van der Waals surface area contributed by atoms with Gasteiger partial charge in [0.1, 0.15) is 0 Å². The van der Waals surface area contributed by atoms with Gasteiger partial charge in [-0.1, -0.05) is 27.2 Å². The van der Waals surface area contributed by atoms with Crippen molar-refractivity contribution < 1.29 is 9.59 Å². The molecule has 0 aromatic heterocycles. The third kappa shape index (κ3) is 8.06. The van der Waals surface area contributed by atoms with Crippen molar-refractivity contribution in [3.8, 4) is 0 Å². The summed E-state index contributed by atoms with van der Waals surface area (Å²) in [6.45, 7) is 9.27. The number of rotatable bonds is 9. The molecule has 0 aromatic rings. The summed E-state index contributed by atoms with van der Waals surface area (Å²) in [6, 6.07) is 0.138. The van der Waals surface area contributed by atoms with Gasteiger partial charge in [-0.05, 0) is 25.8 Å². The van der Waals surface area contributed by atoms with E-state index in [2.05, 4.69) is 26.1 Å². The van der Waals surface area contributed by atoms with Crippen molar-refractivity contribution in [1.29, 1.82) is 0 Å². The molecule has 106 valence electrons. The molecule has 18 heavy (non-hydrogen) atoms. The molecule has 0 aliphatic carbocycles. The first-order valence-electron chi connectivity index (χ1n) is 6.66. The van der Waals surface area contributed by atoms with Gasteiger partial charge in [-0.25, -0.2) is 0 Å². The Balaban J connectivity index is 4.20. The van der Waals surface area contributed by atoms with Crippen LogP contribution >= 0.6 is 0 Å². The van der Waals surface area contributed by atoms with Crippen molar-refractivity contribution in [3.63, 3.8) is 0 Å². The maximum atomic E-state index is 11.8. The van der Waals surface area contributed by atoms with Crippen LogP contribution in [-0.4, -0.2) is 42.4 Å². The van der Waals surface area contributed by atoms with E-state index in [-0.39, 0.29) is 25.0 Å². The second-order valence-electron chi connectivity index (χ2n) is 5.13. The topological polar surface area (TPSA) is 75.4 Å². The van der Waals surface area contributed by atoms with Crippen LogP contribution in [0.1, 0.15) is 40.5 Å². The van der Waals surface area contributed by atoms with Gasteiger partial charge in [0.25, 0.3) is 0 Å². The Hall–Kier alpha value is -1.10.